The lowest BCUT2D eigenvalue weighted by molar-refractivity contribution is -0.870. The molecule has 1 N–H and O–H groups in total. The van der Waals surface area contributed by atoms with Gasteiger partial charge in [-0.05, 0) is 103 Å². The number of hydrogen-bond donors (Lipinski definition) is 1. The fourth-order valence-electron chi connectivity index (χ4n) is 11.3. The molecule has 0 aromatic rings. The molecular formula is C84H151NO8P+. The van der Waals surface area contributed by atoms with Gasteiger partial charge in [-0.1, -0.05) is 354 Å². The van der Waals surface area contributed by atoms with Gasteiger partial charge in [0.2, 0.25) is 0 Å². The van der Waals surface area contributed by atoms with Gasteiger partial charge in [0.05, 0.1) is 27.7 Å². The van der Waals surface area contributed by atoms with Crippen LogP contribution >= 0.6 is 7.82 Å². The minimum atomic E-state index is -4.40. The Hall–Kier alpha value is -3.33. The summed E-state index contributed by atoms with van der Waals surface area (Å²) in [6, 6.07) is 0. The van der Waals surface area contributed by atoms with Crippen molar-refractivity contribution in [3.63, 3.8) is 0 Å². The van der Waals surface area contributed by atoms with E-state index in [-0.39, 0.29) is 32.0 Å². The fourth-order valence-corrected chi connectivity index (χ4v) is 12.0. The van der Waals surface area contributed by atoms with Crippen molar-refractivity contribution in [1.29, 1.82) is 0 Å². The summed E-state index contributed by atoms with van der Waals surface area (Å²) in [5.74, 6) is -0.788. The second kappa shape index (κ2) is 73.9. The van der Waals surface area contributed by atoms with Gasteiger partial charge in [-0.15, -0.1) is 0 Å². The SMILES string of the molecule is CC/C=C\C/C=C\C/C=C\C/C=C\C/C=C\C/C=C\C/C=C\C/C=C\CCCCCCCCCCCCCCC(=O)OC(COC(=O)CCCCCCCCCCCCCCCCCCCCCCC/C=C\CCCCCCCCCC)COP(=O)(O)OCC[N+](C)(C)C. The minimum Gasteiger partial charge on any atom is -0.462 e. The highest BCUT2D eigenvalue weighted by Crippen LogP contribution is 2.43. The number of quaternary nitrogens is 1. The van der Waals surface area contributed by atoms with E-state index in [1.807, 2.05) is 21.1 Å². The third-order valence-electron chi connectivity index (χ3n) is 17.3. The van der Waals surface area contributed by atoms with Crippen LogP contribution in [0.15, 0.2) is 109 Å². The van der Waals surface area contributed by atoms with Crippen molar-refractivity contribution in [3.8, 4) is 0 Å². The molecule has 0 fully saturated rings. The molecule has 0 aromatic carbocycles. The number of carbonyl (C=O) groups is 2. The van der Waals surface area contributed by atoms with Gasteiger partial charge in [0.15, 0.2) is 6.10 Å². The number of nitrogens with zero attached hydrogens (tertiary/aromatic N) is 1. The van der Waals surface area contributed by atoms with Gasteiger partial charge in [-0.2, -0.15) is 0 Å². The topological polar surface area (TPSA) is 108 Å². The highest BCUT2D eigenvalue weighted by Gasteiger charge is 2.27. The predicted molar refractivity (Wildman–Crippen MR) is 408 cm³/mol. The maximum atomic E-state index is 12.9. The number of carbonyl (C=O) groups excluding carboxylic acids is 2. The lowest BCUT2D eigenvalue weighted by Gasteiger charge is -2.24. The zero-order valence-corrected chi connectivity index (χ0v) is 63.1. The van der Waals surface area contributed by atoms with E-state index in [4.69, 9.17) is 18.5 Å². The molecule has 2 atom stereocenters. The Bertz CT molecular complexity index is 1960. The second-order valence-corrected chi connectivity index (χ2v) is 29.2. The molecule has 0 spiro atoms. The van der Waals surface area contributed by atoms with Crippen LogP contribution in [0.25, 0.3) is 0 Å². The Morgan fingerprint density at radius 3 is 0.915 bits per heavy atom. The summed E-state index contributed by atoms with van der Waals surface area (Å²) < 4.78 is 34.8. The van der Waals surface area contributed by atoms with Crippen LogP contribution in [0, 0.1) is 0 Å². The average molecular weight is 1330 g/mol. The highest BCUT2D eigenvalue weighted by molar-refractivity contribution is 7.47. The molecule has 544 valence electrons. The molecule has 0 aromatic heterocycles. The molecule has 2 unspecified atom stereocenters. The van der Waals surface area contributed by atoms with E-state index in [2.05, 4.69) is 123 Å². The van der Waals surface area contributed by atoms with Crippen LogP contribution in [-0.2, 0) is 32.7 Å². The van der Waals surface area contributed by atoms with E-state index in [1.165, 1.54) is 238 Å². The molecule has 0 amide bonds. The molecule has 10 heteroatoms. The molecule has 94 heavy (non-hydrogen) atoms. The van der Waals surface area contributed by atoms with Crippen molar-refractivity contribution in [2.45, 2.75) is 367 Å². The van der Waals surface area contributed by atoms with Crippen LogP contribution in [0.1, 0.15) is 361 Å². The molecule has 0 aliphatic carbocycles. The van der Waals surface area contributed by atoms with E-state index in [0.29, 0.717) is 17.4 Å². The first kappa shape index (κ1) is 90.7. The Labute approximate surface area is 582 Å². The molecule has 0 bridgehead atoms. The van der Waals surface area contributed by atoms with E-state index >= 15 is 0 Å². The third-order valence-corrected chi connectivity index (χ3v) is 18.3. The first-order valence-corrected chi connectivity index (χ1v) is 41.1. The Balaban J connectivity index is 3.99. The van der Waals surface area contributed by atoms with Crippen LogP contribution in [0.4, 0.5) is 0 Å². The predicted octanol–water partition coefficient (Wildman–Crippen LogP) is 26.4. The monoisotopic (exact) mass is 1330 g/mol. The molecule has 0 radical (unpaired) electrons. The van der Waals surface area contributed by atoms with Crippen molar-refractivity contribution >= 4 is 19.8 Å². The normalized spacial score (nSPS) is 13.6. The molecule has 0 saturated carbocycles. The molecule has 0 rings (SSSR count). The molecule has 0 saturated heterocycles. The zero-order valence-electron chi connectivity index (χ0n) is 62.2. The van der Waals surface area contributed by atoms with Crippen LogP contribution in [-0.4, -0.2) is 74.9 Å². The molecular weight excluding hydrogens is 1180 g/mol. The molecule has 0 heterocycles. The van der Waals surface area contributed by atoms with E-state index < -0.39 is 26.5 Å². The third kappa shape index (κ3) is 77.7. The minimum absolute atomic E-state index is 0.0291. The van der Waals surface area contributed by atoms with Crippen LogP contribution in [0.5, 0.6) is 0 Å². The summed E-state index contributed by atoms with van der Waals surface area (Å²) in [6.45, 7) is 4.36. The summed E-state index contributed by atoms with van der Waals surface area (Å²) in [6.07, 6.45) is 105. The van der Waals surface area contributed by atoms with Crippen molar-refractivity contribution < 1.29 is 42.1 Å². The van der Waals surface area contributed by atoms with Gasteiger partial charge in [0.25, 0.3) is 0 Å². The number of unbranched alkanes of at least 4 members (excludes halogenated alkanes) is 41. The number of esters is 2. The van der Waals surface area contributed by atoms with Gasteiger partial charge in [0.1, 0.15) is 19.8 Å². The van der Waals surface area contributed by atoms with Gasteiger partial charge < -0.3 is 18.9 Å². The van der Waals surface area contributed by atoms with Crippen molar-refractivity contribution in [2.75, 3.05) is 47.5 Å². The van der Waals surface area contributed by atoms with E-state index in [9.17, 15) is 19.0 Å². The lowest BCUT2D eigenvalue weighted by atomic mass is 10.0. The average Bonchev–Trinajstić information content (AvgIpc) is 1.56. The van der Waals surface area contributed by atoms with Gasteiger partial charge in [-0.25, -0.2) is 4.57 Å². The Morgan fingerprint density at radius 2 is 0.606 bits per heavy atom. The first-order chi connectivity index (χ1) is 46.0. The van der Waals surface area contributed by atoms with Crippen molar-refractivity contribution in [3.05, 3.63) is 109 Å². The first-order valence-electron chi connectivity index (χ1n) is 39.6. The number of phosphoric ester groups is 1. The maximum Gasteiger partial charge on any atom is 0.472 e. The number of ether oxygens (including phenoxy) is 2. The van der Waals surface area contributed by atoms with E-state index in [0.717, 1.165) is 89.9 Å². The molecule has 0 aliphatic rings. The summed E-state index contributed by atoms with van der Waals surface area (Å²) >= 11 is 0. The van der Waals surface area contributed by atoms with Crippen molar-refractivity contribution in [2.24, 2.45) is 0 Å². The van der Waals surface area contributed by atoms with Crippen molar-refractivity contribution in [1.82, 2.24) is 0 Å². The fraction of sp³-hybridized carbons (Fsp3) is 0.762. The maximum absolute atomic E-state index is 12.9. The van der Waals surface area contributed by atoms with Crippen LogP contribution < -0.4 is 0 Å². The summed E-state index contributed by atoms with van der Waals surface area (Å²) in [5.41, 5.74) is 0. The number of hydrogen-bond acceptors (Lipinski definition) is 7. The van der Waals surface area contributed by atoms with Crippen LogP contribution in [0.2, 0.25) is 0 Å². The quantitative estimate of drug-likeness (QED) is 0.0211. The van der Waals surface area contributed by atoms with Gasteiger partial charge in [-0.3, -0.25) is 18.6 Å². The molecule has 0 aliphatic heterocycles. The molecule has 9 nitrogen and oxygen atoms in total. The van der Waals surface area contributed by atoms with Crippen LogP contribution in [0.3, 0.4) is 0 Å². The number of rotatable bonds is 73. The zero-order chi connectivity index (χ0) is 68.3. The van der Waals surface area contributed by atoms with Gasteiger partial charge >= 0.3 is 19.8 Å². The Morgan fingerprint density at radius 1 is 0.340 bits per heavy atom. The number of phosphoric acid groups is 1. The van der Waals surface area contributed by atoms with Gasteiger partial charge in [0, 0.05) is 12.8 Å². The number of likely N-dealkylation sites (N-methyl/N-ethyl adjacent to an activating group) is 1. The standard InChI is InChI=1S/C84H150NO8P/c1-6-8-10-12-14-16-18-20-22-24-26-28-30-32-34-36-38-40-41-42-43-45-47-49-51-53-55-57-59-61-63-65-67-69-71-73-75-77-84(87)93-82(81-92-94(88,89)91-79-78-85(3,4)5)80-90-83(86)76-74-72-70-68-66-64-62-60-58-56-54-52-50-48-46-44-39-37-35-33-31-29-27-25-23-21-19-17-15-13-11-9-7-2/h8,10,14,16,20,22,25-28,32,34,38,40,42-43,47,49,82H,6-7,9,11-13,15,17-19,21,23-24,29-31,33,35-37,39,41,44-46,48,50-81H2,1-5H3/p+1/b10-8-,16-14-,22-20-,27-25-,28-26-,34-32-,40-38-,43-42-,49-47-. The summed E-state index contributed by atoms with van der Waals surface area (Å²) in [4.78, 5) is 36.0. The number of allylic oxidation sites excluding steroid dienone is 18. The summed E-state index contributed by atoms with van der Waals surface area (Å²) in [5, 5.41) is 0. The smallest absolute Gasteiger partial charge is 0.462 e. The second-order valence-electron chi connectivity index (χ2n) is 27.7. The Kier molecular flexibility index (Phi) is 71.3. The summed E-state index contributed by atoms with van der Waals surface area (Å²) in [7, 11) is 1.48. The lowest BCUT2D eigenvalue weighted by Crippen LogP contribution is -2.37. The largest absolute Gasteiger partial charge is 0.472 e. The highest BCUT2D eigenvalue weighted by atomic mass is 31.2. The van der Waals surface area contributed by atoms with E-state index in [1.54, 1.807) is 0 Å².